The van der Waals surface area contributed by atoms with E-state index in [4.69, 9.17) is 33.5 Å². The van der Waals surface area contributed by atoms with Gasteiger partial charge in [-0.25, -0.2) is 13.2 Å². The third-order valence-electron chi connectivity index (χ3n) is 8.57. The molecule has 3 aliphatic heterocycles. The summed E-state index contributed by atoms with van der Waals surface area (Å²) in [6, 6.07) is 10.4. The second kappa shape index (κ2) is 15.7. The Kier molecular flexibility index (Phi) is 11.7. The predicted molar refractivity (Wildman–Crippen MR) is 170 cm³/mol. The van der Waals surface area contributed by atoms with Crippen LogP contribution in [-0.2, 0) is 35.4 Å². The van der Waals surface area contributed by atoms with Crippen LogP contribution >= 0.6 is 0 Å². The summed E-state index contributed by atoms with van der Waals surface area (Å²) >= 11 is 0. The highest BCUT2D eigenvalue weighted by Gasteiger charge is 2.44. The summed E-state index contributed by atoms with van der Waals surface area (Å²) in [6.07, 6.45) is -1.85. The van der Waals surface area contributed by atoms with Crippen LogP contribution in [0.1, 0.15) is 39.2 Å². The highest BCUT2D eigenvalue weighted by molar-refractivity contribution is 7.89. The van der Waals surface area contributed by atoms with E-state index in [1.165, 1.54) is 22.5 Å². The normalized spacial score (nSPS) is 21.9. The first-order valence-electron chi connectivity index (χ1n) is 16.1. The van der Waals surface area contributed by atoms with Gasteiger partial charge in [0.15, 0.2) is 17.8 Å². The summed E-state index contributed by atoms with van der Waals surface area (Å²) < 4.78 is 62.2. The Morgan fingerprint density at radius 2 is 1.79 bits per heavy atom. The number of nitrogens with one attached hydrogen (secondary N) is 1. The number of carboxylic acids is 1. The molecule has 14 nitrogen and oxygen atoms in total. The quantitative estimate of drug-likeness (QED) is 0.235. The minimum absolute atomic E-state index is 0.00481. The van der Waals surface area contributed by atoms with Crippen LogP contribution in [0.15, 0.2) is 47.4 Å². The molecule has 3 aliphatic rings. The van der Waals surface area contributed by atoms with Gasteiger partial charge >= 0.3 is 12.1 Å². The molecule has 2 aromatic carbocycles. The van der Waals surface area contributed by atoms with Gasteiger partial charge in [0.2, 0.25) is 16.8 Å². The van der Waals surface area contributed by atoms with Crippen LogP contribution in [0.2, 0.25) is 0 Å². The number of nitrogens with zero attached hydrogens (tertiary/aromatic N) is 1. The maximum Gasteiger partial charge on any atom is 0.407 e. The number of hydrogen-bond donors (Lipinski definition) is 3. The lowest BCUT2D eigenvalue weighted by molar-refractivity contribution is -0.141. The van der Waals surface area contributed by atoms with Crippen molar-refractivity contribution >= 4 is 22.1 Å². The summed E-state index contributed by atoms with van der Waals surface area (Å²) in [5.41, 5.74) is 0.730. The Morgan fingerprint density at radius 1 is 1.04 bits per heavy atom. The molecule has 0 spiro atoms. The second-order valence-corrected chi connectivity index (χ2v) is 14.7. The van der Waals surface area contributed by atoms with Crippen molar-refractivity contribution in [2.75, 3.05) is 39.7 Å². The van der Waals surface area contributed by atoms with Crippen molar-refractivity contribution in [2.45, 2.75) is 69.5 Å². The number of sulfonamides is 1. The van der Waals surface area contributed by atoms with Gasteiger partial charge in [-0.2, -0.15) is 4.31 Å². The van der Waals surface area contributed by atoms with Gasteiger partial charge in [0, 0.05) is 19.2 Å². The van der Waals surface area contributed by atoms with Crippen LogP contribution in [0.4, 0.5) is 4.79 Å². The predicted octanol–water partition coefficient (Wildman–Crippen LogP) is 3.01. The van der Waals surface area contributed by atoms with Crippen molar-refractivity contribution in [3.8, 4) is 17.2 Å². The molecule has 1 amide bonds. The van der Waals surface area contributed by atoms with E-state index in [0.717, 1.165) is 5.56 Å². The monoisotopic (exact) mass is 692 g/mol. The topological polar surface area (TPSA) is 179 Å². The third-order valence-corrected chi connectivity index (χ3v) is 10.4. The smallest absolute Gasteiger partial charge is 0.407 e. The fraction of sp³-hybridized carbons (Fsp3) is 0.576. The minimum atomic E-state index is -4.09. The van der Waals surface area contributed by atoms with Crippen LogP contribution in [0.3, 0.4) is 0 Å². The lowest BCUT2D eigenvalue weighted by Gasteiger charge is -2.31. The molecule has 3 heterocycles. The number of rotatable bonds is 16. The summed E-state index contributed by atoms with van der Waals surface area (Å²) in [5.74, 6) is -0.292. The molecular weight excluding hydrogens is 648 g/mol. The zero-order valence-corrected chi connectivity index (χ0v) is 28.1. The average molecular weight is 693 g/mol. The lowest BCUT2D eigenvalue weighted by atomic mass is 10.0. The Morgan fingerprint density at radius 3 is 2.52 bits per heavy atom. The van der Waals surface area contributed by atoms with E-state index in [1.54, 1.807) is 31.2 Å². The largest absolute Gasteiger partial charge is 0.494 e. The first-order chi connectivity index (χ1) is 22.9. The molecule has 6 atom stereocenters. The molecule has 0 saturated carbocycles. The molecule has 0 bridgehead atoms. The van der Waals surface area contributed by atoms with Crippen molar-refractivity contribution in [3.63, 3.8) is 0 Å². The maximum atomic E-state index is 13.9. The van der Waals surface area contributed by atoms with Gasteiger partial charge < -0.3 is 44.0 Å². The van der Waals surface area contributed by atoms with Crippen LogP contribution in [0, 0.1) is 17.8 Å². The second-order valence-electron chi connectivity index (χ2n) is 12.7. The van der Waals surface area contributed by atoms with Crippen molar-refractivity contribution < 1.29 is 56.6 Å². The molecular formula is C33H44N2O12S. The van der Waals surface area contributed by atoms with Crippen LogP contribution < -0.4 is 19.5 Å². The number of alkyl carbamates (subject to hydrolysis) is 1. The number of carboxylic acid groups (broad SMARTS) is 1. The number of benzene rings is 2. The third kappa shape index (κ3) is 8.88. The molecule has 48 heavy (non-hydrogen) atoms. The number of amides is 1. The van der Waals surface area contributed by atoms with Crippen molar-refractivity contribution in [3.05, 3.63) is 48.0 Å². The van der Waals surface area contributed by atoms with Gasteiger partial charge in [-0.1, -0.05) is 32.9 Å². The highest BCUT2D eigenvalue weighted by Crippen LogP contribution is 2.35. The van der Waals surface area contributed by atoms with Crippen molar-refractivity contribution in [2.24, 2.45) is 17.8 Å². The fourth-order valence-corrected chi connectivity index (χ4v) is 7.44. The molecule has 5 rings (SSSR count). The number of hydrogen-bond acceptors (Lipinski definition) is 11. The molecule has 264 valence electrons. The van der Waals surface area contributed by atoms with E-state index in [2.05, 4.69) is 5.32 Å². The molecule has 0 aliphatic carbocycles. The van der Waals surface area contributed by atoms with Crippen LogP contribution in [0.5, 0.6) is 17.2 Å². The van der Waals surface area contributed by atoms with E-state index < -0.39 is 52.5 Å². The number of aliphatic hydroxyl groups is 1. The standard InChI is InChI=1S/C33H44N2O12S/c1-20(2)16-35(48(40,41)24-8-9-28-29(15-24)46-19-45-28)17-27(36)26(34-33(39)47-30-18-44-32-25(30)11-13-43-32)14-22-4-6-23(7-5-22)42-12-10-21(3)31(37)38/h4-9,15,20-21,25-27,30,32,36H,10-14,16-19H2,1-3H3,(H,34,39)(H,37,38)/t21?,25-,26-,27+,30-,32+/m0/s1. The molecule has 2 saturated heterocycles. The summed E-state index contributed by atoms with van der Waals surface area (Å²) in [7, 11) is -4.09. The summed E-state index contributed by atoms with van der Waals surface area (Å²) in [5, 5.41) is 23.5. The van der Waals surface area contributed by atoms with E-state index in [9.17, 15) is 23.1 Å². The van der Waals surface area contributed by atoms with Gasteiger partial charge in [0.25, 0.3) is 0 Å². The van der Waals surface area contributed by atoms with Gasteiger partial charge in [-0.3, -0.25) is 4.79 Å². The Hall–Kier alpha value is -3.63. The van der Waals surface area contributed by atoms with Crippen molar-refractivity contribution in [1.82, 2.24) is 9.62 Å². The Bertz CT molecular complexity index is 1520. The Labute approximate surface area is 280 Å². The number of carbonyl (C=O) groups excluding carboxylic acids is 1. The highest BCUT2D eigenvalue weighted by atomic mass is 32.2. The van der Waals surface area contributed by atoms with E-state index in [0.29, 0.717) is 36.7 Å². The molecule has 2 aromatic rings. The average Bonchev–Trinajstić information content (AvgIpc) is 3.79. The molecule has 3 N–H and O–H groups in total. The molecule has 2 fully saturated rings. The first-order valence-corrected chi connectivity index (χ1v) is 17.6. The number of carbonyl (C=O) groups is 2. The number of aliphatic hydroxyl groups excluding tert-OH is 1. The van der Waals surface area contributed by atoms with Gasteiger partial charge in [0.1, 0.15) is 11.9 Å². The SMILES string of the molecule is CC(C)CN(C[C@@H](O)[C@H](Cc1ccc(OCCC(C)C(=O)O)cc1)NC(=O)O[C@H]1CO[C@H]2OCC[C@H]21)S(=O)(=O)c1ccc2c(c1)OCO2. The zero-order chi connectivity index (χ0) is 34.4. The van der Waals surface area contributed by atoms with Gasteiger partial charge in [0.05, 0.1) is 48.7 Å². The Balaban J connectivity index is 1.31. The number of ether oxygens (including phenoxy) is 6. The van der Waals surface area contributed by atoms with Crippen LogP contribution in [-0.4, -0.2) is 99.2 Å². The molecule has 0 aromatic heterocycles. The van der Waals surface area contributed by atoms with E-state index in [-0.39, 0.29) is 56.2 Å². The number of fused-ring (bicyclic) bond motifs is 2. The summed E-state index contributed by atoms with van der Waals surface area (Å²) in [4.78, 5) is 24.3. The number of aliphatic carboxylic acids is 1. The minimum Gasteiger partial charge on any atom is -0.494 e. The molecule has 1 unspecified atom stereocenters. The van der Waals surface area contributed by atoms with Crippen molar-refractivity contribution in [1.29, 1.82) is 0 Å². The van der Waals surface area contributed by atoms with E-state index in [1.807, 2.05) is 13.8 Å². The molecule has 0 radical (unpaired) electrons. The first kappa shape index (κ1) is 35.7. The fourth-order valence-electron chi connectivity index (χ4n) is 5.81. The van der Waals surface area contributed by atoms with E-state index >= 15 is 0 Å². The lowest BCUT2D eigenvalue weighted by Crippen LogP contribution is -2.51. The molecule has 15 heteroatoms. The maximum absolute atomic E-state index is 13.9. The van der Waals surface area contributed by atoms with Gasteiger partial charge in [-0.05, 0) is 55.0 Å². The zero-order valence-electron chi connectivity index (χ0n) is 27.3. The van der Waals surface area contributed by atoms with Gasteiger partial charge in [-0.15, -0.1) is 0 Å². The van der Waals surface area contributed by atoms with Crippen LogP contribution in [0.25, 0.3) is 0 Å². The summed E-state index contributed by atoms with van der Waals surface area (Å²) in [6.45, 7) is 6.08.